The minimum absolute atomic E-state index is 0.275. The predicted molar refractivity (Wildman–Crippen MR) is 111 cm³/mol. The van der Waals surface area contributed by atoms with E-state index in [0.717, 1.165) is 39.2 Å². The van der Waals surface area contributed by atoms with Crippen molar-refractivity contribution in [3.63, 3.8) is 0 Å². The molecule has 7 nitrogen and oxygen atoms in total. The third-order valence-corrected chi connectivity index (χ3v) is 5.10. The number of nitrogens with one attached hydrogen (secondary N) is 1. The molecule has 142 valence electrons. The number of hydrogen-bond donors (Lipinski definition) is 1. The van der Waals surface area contributed by atoms with Crippen LogP contribution in [-0.2, 0) is 6.54 Å². The minimum atomic E-state index is -0.275. The van der Waals surface area contributed by atoms with Crippen molar-refractivity contribution < 1.29 is 4.79 Å². The van der Waals surface area contributed by atoms with Crippen molar-refractivity contribution >= 4 is 33.2 Å². The van der Waals surface area contributed by atoms with Gasteiger partial charge in [-0.05, 0) is 60.0 Å². The monoisotopic (exact) mass is 438 g/mol. The van der Waals surface area contributed by atoms with Gasteiger partial charge in [0, 0.05) is 30.7 Å². The summed E-state index contributed by atoms with van der Waals surface area (Å²) in [5.41, 5.74) is 5.24. The molecule has 0 fully saturated rings. The van der Waals surface area contributed by atoms with Gasteiger partial charge in [0.15, 0.2) is 11.3 Å². The highest BCUT2D eigenvalue weighted by Gasteiger charge is 2.17. The second kappa shape index (κ2) is 7.20. The standard InChI is InChI=1S/C20H19BrN6O/c1-4-26-11-14(21)19(25-26)17-7-8-22-18-10-16(24-27(17)18)20(28)23-15-9-12(2)5-6-13(15)3/h5-11H,4H2,1-3H3,(H,23,28). The quantitative estimate of drug-likeness (QED) is 0.516. The number of nitrogens with zero attached hydrogens (tertiary/aromatic N) is 5. The summed E-state index contributed by atoms with van der Waals surface area (Å²) in [6, 6.07) is 9.45. The molecule has 0 spiro atoms. The molecular weight excluding hydrogens is 420 g/mol. The molecule has 4 rings (SSSR count). The molecule has 1 N–H and O–H groups in total. The summed E-state index contributed by atoms with van der Waals surface area (Å²) >= 11 is 3.55. The first-order chi connectivity index (χ1) is 13.5. The Balaban J connectivity index is 1.73. The van der Waals surface area contributed by atoms with E-state index in [4.69, 9.17) is 0 Å². The van der Waals surface area contributed by atoms with Crippen molar-refractivity contribution in [2.75, 3.05) is 5.32 Å². The van der Waals surface area contributed by atoms with E-state index in [1.54, 1.807) is 16.8 Å². The van der Waals surface area contributed by atoms with Gasteiger partial charge in [0.25, 0.3) is 5.91 Å². The van der Waals surface area contributed by atoms with E-state index in [2.05, 4.69) is 36.4 Å². The molecule has 3 aromatic heterocycles. The number of halogens is 1. The fourth-order valence-corrected chi connectivity index (χ4v) is 3.49. The topological polar surface area (TPSA) is 77.1 Å². The van der Waals surface area contributed by atoms with E-state index < -0.39 is 0 Å². The number of hydrogen-bond acceptors (Lipinski definition) is 4. The summed E-state index contributed by atoms with van der Waals surface area (Å²) in [6.45, 7) is 6.73. The first-order valence-electron chi connectivity index (χ1n) is 8.93. The number of anilines is 1. The van der Waals surface area contributed by atoms with Crippen molar-refractivity contribution in [1.82, 2.24) is 24.4 Å². The number of amides is 1. The van der Waals surface area contributed by atoms with Crippen LogP contribution in [0.4, 0.5) is 5.69 Å². The van der Waals surface area contributed by atoms with Gasteiger partial charge in [-0.1, -0.05) is 12.1 Å². The first kappa shape index (κ1) is 18.4. The molecule has 0 bridgehead atoms. The third-order valence-electron chi connectivity index (χ3n) is 4.52. The average Bonchev–Trinajstić information content (AvgIpc) is 3.28. The number of carbonyl (C=O) groups is 1. The predicted octanol–water partition coefficient (Wildman–Crippen LogP) is 4.24. The van der Waals surface area contributed by atoms with E-state index in [1.807, 2.05) is 55.9 Å². The molecule has 0 aliphatic heterocycles. The Hall–Kier alpha value is -3.00. The SMILES string of the molecule is CCn1cc(Br)c(-c2ccnc3cc(C(=O)Nc4cc(C)ccc4C)nn23)n1. The molecular formula is C20H19BrN6O. The fraction of sp³-hybridized carbons (Fsp3) is 0.200. The normalized spacial score (nSPS) is 11.1. The highest BCUT2D eigenvalue weighted by atomic mass is 79.9. The largest absolute Gasteiger partial charge is 0.320 e. The smallest absolute Gasteiger partial charge is 0.276 e. The maximum atomic E-state index is 12.8. The van der Waals surface area contributed by atoms with Gasteiger partial charge in [0.1, 0.15) is 5.69 Å². The second-order valence-electron chi connectivity index (χ2n) is 6.58. The third kappa shape index (κ3) is 3.31. The van der Waals surface area contributed by atoms with Crippen LogP contribution in [0.25, 0.3) is 17.0 Å². The van der Waals surface area contributed by atoms with Gasteiger partial charge in [0.05, 0.1) is 10.2 Å². The average molecular weight is 439 g/mol. The number of carbonyl (C=O) groups excluding carboxylic acids is 1. The van der Waals surface area contributed by atoms with Gasteiger partial charge in [0.2, 0.25) is 0 Å². The van der Waals surface area contributed by atoms with E-state index >= 15 is 0 Å². The van der Waals surface area contributed by atoms with Crippen LogP contribution < -0.4 is 5.32 Å². The number of benzene rings is 1. The van der Waals surface area contributed by atoms with Crippen LogP contribution >= 0.6 is 15.9 Å². The van der Waals surface area contributed by atoms with Crippen molar-refractivity contribution in [2.24, 2.45) is 0 Å². The second-order valence-corrected chi connectivity index (χ2v) is 7.44. The Kier molecular flexibility index (Phi) is 4.72. The molecule has 0 aliphatic rings. The molecule has 0 saturated carbocycles. The number of fused-ring (bicyclic) bond motifs is 1. The summed E-state index contributed by atoms with van der Waals surface area (Å²) in [5.74, 6) is -0.275. The number of rotatable bonds is 4. The van der Waals surface area contributed by atoms with Gasteiger partial charge in [-0.2, -0.15) is 10.2 Å². The van der Waals surface area contributed by atoms with Crippen LogP contribution in [0.5, 0.6) is 0 Å². The van der Waals surface area contributed by atoms with E-state index in [9.17, 15) is 4.79 Å². The lowest BCUT2D eigenvalue weighted by atomic mass is 10.1. The molecule has 1 amide bonds. The van der Waals surface area contributed by atoms with Gasteiger partial charge < -0.3 is 5.32 Å². The van der Waals surface area contributed by atoms with E-state index in [-0.39, 0.29) is 5.91 Å². The molecule has 3 heterocycles. The Morgan fingerprint density at radius 3 is 2.75 bits per heavy atom. The van der Waals surface area contributed by atoms with Crippen molar-refractivity contribution in [3.8, 4) is 11.4 Å². The van der Waals surface area contributed by atoms with Crippen LogP contribution in [-0.4, -0.2) is 30.3 Å². The van der Waals surface area contributed by atoms with E-state index in [0.29, 0.717) is 11.3 Å². The summed E-state index contributed by atoms with van der Waals surface area (Å²) in [7, 11) is 0. The van der Waals surface area contributed by atoms with Crippen LogP contribution in [0.15, 0.2) is 47.2 Å². The Morgan fingerprint density at radius 2 is 2.00 bits per heavy atom. The minimum Gasteiger partial charge on any atom is -0.320 e. The maximum absolute atomic E-state index is 12.8. The van der Waals surface area contributed by atoms with Gasteiger partial charge in [-0.25, -0.2) is 9.50 Å². The molecule has 0 atom stereocenters. The molecule has 0 unspecified atom stereocenters. The van der Waals surface area contributed by atoms with Gasteiger partial charge in [-0.3, -0.25) is 9.48 Å². The fourth-order valence-electron chi connectivity index (χ4n) is 2.98. The van der Waals surface area contributed by atoms with Crippen molar-refractivity contribution in [3.05, 3.63) is 64.0 Å². The lowest BCUT2D eigenvalue weighted by Crippen LogP contribution is -2.13. The molecule has 28 heavy (non-hydrogen) atoms. The lowest BCUT2D eigenvalue weighted by Gasteiger charge is -2.07. The Morgan fingerprint density at radius 1 is 1.18 bits per heavy atom. The molecule has 4 aromatic rings. The zero-order chi connectivity index (χ0) is 19.8. The molecule has 1 aromatic carbocycles. The van der Waals surface area contributed by atoms with E-state index in [1.165, 1.54) is 0 Å². The highest BCUT2D eigenvalue weighted by Crippen LogP contribution is 2.27. The lowest BCUT2D eigenvalue weighted by molar-refractivity contribution is 0.102. The van der Waals surface area contributed by atoms with Crippen LogP contribution in [0.3, 0.4) is 0 Å². The molecule has 0 radical (unpaired) electrons. The number of aryl methyl sites for hydroxylation is 3. The first-order valence-corrected chi connectivity index (χ1v) is 9.72. The molecule has 0 saturated heterocycles. The van der Waals surface area contributed by atoms with Crippen LogP contribution in [0.1, 0.15) is 28.5 Å². The van der Waals surface area contributed by atoms with Crippen molar-refractivity contribution in [1.29, 1.82) is 0 Å². The van der Waals surface area contributed by atoms with Crippen LogP contribution in [0, 0.1) is 13.8 Å². The Bertz CT molecular complexity index is 1190. The number of aromatic nitrogens is 5. The highest BCUT2D eigenvalue weighted by molar-refractivity contribution is 9.10. The summed E-state index contributed by atoms with van der Waals surface area (Å²) in [6.07, 6.45) is 3.61. The van der Waals surface area contributed by atoms with Crippen molar-refractivity contribution in [2.45, 2.75) is 27.3 Å². The Labute approximate surface area is 170 Å². The zero-order valence-electron chi connectivity index (χ0n) is 15.8. The van der Waals surface area contributed by atoms with Crippen LogP contribution in [0.2, 0.25) is 0 Å². The van der Waals surface area contributed by atoms with Gasteiger partial charge in [-0.15, -0.1) is 0 Å². The zero-order valence-corrected chi connectivity index (χ0v) is 17.4. The molecule has 8 heteroatoms. The maximum Gasteiger partial charge on any atom is 0.276 e. The van der Waals surface area contributed by atoms with Gasteiger partial charge >= 0.3 is 0 Å². The summed E-state index contributed by atoms with van der Waals surface area (Å²) in [5, 5.41) is 12.0. The summed E-state index contributed by atoms with van der Waals surface area (Å²) in [4.78, 5) is 17.1. The molecule has 0 aliphatic carbocycles. The summed E-state index contributed by atoms with van der Waals surface area (Å²) < 4.78 is 4.34.